The average molecular weight is 586 g/mol. The predicted molar refractivity (Wildman–Crippen MR) is 160 cm³/mol. The third-order valence-electron chi connectivity index (χ3n) is 7.98. The summed E-state index contributed by atoms with van der Waals surface area (Å²) in [5, 5.41) is 0.875. The molecule has 1 saturated carbocycles. The summed E-state index contributed by atoms with van der Waals surface area (Å²) in [5.41, 5.74) is 6.32. The molecule has 0 unspecified atom stereocenters. The molecule has 9 nitrogen and oxygen atoms in total. The highest BCUT2D eigenvalue weighted by Gasteiger charge is 2.28. The van der Waals surface area contributed by atoms with Crippen LogP contribution in [0.15, 0.2) is 48.5 Å². The molecule has 0 N–H and O–H groups in total. The Hall–Kier alpha value is -4.31. The van der Waals surface area contributed by atoms with Crippen LogP contribution in [0.1, 0.15) is 43.7 Å². The number of hydrogen-bond acceptors (Lipinski definition) is 9. The standard InChI is InChI=1S/C32H31N3O6S/c1-3-38-32(36)41-31-30(21-9-11-27-20(15-21)12-13-39-27)23-16-28(37-2)29(40-22-6-4-5-7-22)17-26(23)35(31)18-19-8-10-24-25(14-19)34-42-33-24/h8-11,14-17,22H,3-7,12-13,18H2,1-2H3. The number of aromatic nitrogens is 3. The molecular weight excluding hydrogens is 554 g/mol. The number of fused-ring (bicyclic) bond motifs is 3. The van der Waals surface area contributed by atoms with Crippen molar-refractivity contribution in [3.63, 3.8) is 0 Å². The number of ether oxygens (including phenoxy) is 5. The van der Waals surface area contributed by atoms with E-state index in [2.05, 4.69) is 14.8 Å². The monoisotopic (exact) mass is 585 g/mol. The Morgan fingerprint density at radius 3 is 2.74 bits per heavy atom. The largest absolute Gasteiger partial charge is 0.515 e. The molecule has 2 aromatic heterocycles. The van der Waals surface area contributed by atoms with Crippen LogP contribution in [0.2, 0.25) is 0 Å². The van der Waals surface area contributed by atoms with Crippen LogP contribution in [0.3, 0.4) is 0 Å². The second kappa shape index (κ2) is 11.2. The first kappa shape index (κ1) is 26.6. The molecule has 42 heavy (non-hydrogen) atoms. The van der Waals surface area contributed by atoms with Crippen molar-refractivity contribution in [1.29, 1.82) is 0 Å². The quantitative estimate of drug-likeness (QED) is 0.177. The van der Waals surface area contributed by atoms with Crippen LogP contribution in [0.5, 0.6) is 23.1 Å². The lowest BCUT2D eigenvalue weighted by Gasteiger charge is -2.17. The first-order valence-electron chi connectivity index (χ1n) is 14.3. The van der Waals surface area contributed by atoms with Crippen molar-refractivity contribution in [2.75, 3.05) is 20.3 Å². The maximum absolute atomic E-state index is 12.9. The molecule has 7 rings (SSSR count). The van der Waals surface area contributed by atoms with Gasteiger partial charge in [0.2, 0.25) is 5.88 Å². The Labute approximate surface area is 247 Å². The molecule has 0 amide bonds. The Balaban J connectivity index is 1.45. The number of benzene rings is 3. The van der Waals surface area contributed by atoms with E-state index in [-0.39, 0.29) is 12.7 Å². The highest BCUT2D eigenvalue weighted by Crippen LogP contribution is 2.47. The van der Waals surface area contributed by atoms with Crippen molar-refractivity contribution in [1.82, 2.24) is 13.3 Å². The Morgan fingerprint density at radius 2 is 1.90 bits per heavy atom. The zero-order valence-corrected chi connectivity index (χ0v) is 24.4. The minimum absolute atomic E-state index is 0.144. The van der Waals surface area contributed by atoms with Gasteiger partial charge in [-0.15, -0.1) is 0 Å². The second-order valence-electron chi connectivity index (χ2n) is 10.6. The van der Waals surface area contributed by atoms with Crippen LogP contribution in [0.25, 0.3) is 33.1 Å². The number of carbonyl (C=O) groups is 1. The van der Waals surface area contributed by atoms with Gasteiger partial charge in [-0.05, 0) is 79.6 Å². The summed E-state index contributed by atoms with van der Waals surface area (Å²) in [6, 6.07) is 16.1. The van der Waals surface area contributed by atoms with Gasteiger partial charge in [-0.2, -0.15) is 8.75 Å². The average Bonchev–Trinajstić information content (AvgIpc) is 3.80. The molecule has 1 fully saturated rings. The molecule has 0 atom stereocenters. The summed E-state index contributed by atoms with van der Waals surface area (Å²) in [6.45, 7) is 3.02. The van der Waals surface area contributed by atoms with Gasteiger partial charge in [0.15, 0.2) is 11.5 Å². The summed E-state index contributed by atoms with van der Waals surface area (Å²) in [6.07, 6.45) is 4.55. The molecule has 2 aliphatic rings. The summed E-state index contributed by atoms with van der Waals surface area (Å²) in [5.74, 6) is 2.57. The van der Waals surface area contributed by atoms with E-state index in [0.29, 0.717) is 30.5 Å². The predicted octanol–water partition coefficient (Wildman–Crippen LogP) is 7.16. The first-order chi connectivity index (χ1) is 20.6. The second-order valence-corrected chi connectivity index (χ2v) is 11.1. The minimum Gasteiger partial charge on any atom is -0.493 e. The van der Waals surface area contributed by atoms with Crippen LogP contribution in [0.4, 0.5) is 4.79 Å². The third kappa shape index (κ3) is 4.89. The van der Waals surface area contributed by atoms with E-state index in [1.54, 1.807) is 14.0 Å². The van der Waals surface area contributed by atoms with Gasteiger partial charge in [-0.25, -0.2) is 4.79 Å². The third-order valence-corrected chi connectivity index (χ3v) is 8.53. The number of methoxy groups -OCH3 is 1. The van der Waals surface area contributed by atoms with Crippen molar-refractivity contribution in [3.8, 4) is 34.3 Å². The zero-order valence-electron chi connectivity index (χ0n) is 23.6. The fourth-order valence-corrected chi connectivity index (χ4v) is 6.51. The van der Waals surface area contributed by atoms with Crippen molar-refractivity contribution >= 4 is 39.8 Å². The molecule has 0 bridgehead atoms. The molecular formula is C32H31N3O6S. The van der Waals surface area contributed by atoms with Gasteiger partial charge in [-0.3, -0.25) is 0 Å². The van der Waals surface area contributed by atoms with E-state index in [1.807, 2.05) is 47.0 Å². The van der Waals surface area contributed by atoms with Gasteiger partial charge in [0.05, 0.1) is 55.8 Å². The van der Waals surface area contributed by atoms with Crippen molar-refractivity contribution < 1.29 is 28.5 Å². The maximum atomic E-state index is 12.9. The van der Waals surface area contributed by atoms with Crippen LogP contribution in [-0.2, 0) is 17.7 Å². The Bertz CT molecular complexity index is 1790. The summed E-state index contributed by atoms with van der Waals surface area (Å²) >= 11 is 1.19. The van der Waals surface area contributed by atoms with Gasteiger partial charge in [-0.1, -0.05) is 12.1 Å². The highest BCUT2D eigenvalue weighted by atomic mass is 32.1. The van der Waals surface area contributed by atoms with Crippen LogP contribution < -0.4 is 18.9 Å². The number of hydrogen-bond donors (Lipinski definition) is 0. The van der Waals surface area contributed by atoms with E-state index < -0.39 is 6.16 Å². The zero-order chi connectivity index (χ0) is 28.6. The van der Waals surface area contributed by atoms with Gasteiger partial charge in [0.25, 0.3) is 0 Å². The van der Waals surface area contributed by atoms with Crippen molar-refractivity contribution in [3.05, 3.63) is 59.7 Å². The topological polar surface area (TPSA) is 93.9 Å². The molecule has 10 heteroatoms. The van der Waals surface area contributed by atoms with E-state index in [4.69, 9.17) is 23.7 Å². The Morgan fingerprint density at radius 1 is 1.05 bits per heavy atom. The number of nitrogens with zero attached hydrogens (tertiary/aromatic N) is 3. The minimum atomic E-state index is -0.763. The van der Waals surface area contributed by atoms with E-state index in [1.165, 1.54) is 11.7 Å². The van der Waals surface area contributed by atoms with E-state index >= 15 is 0 Å². The lowest BCUT2D eigenvalue weighted by molar-refractivity contribution is 0.101. The van der Waals surface area contributed by atoms with Crippen molar-refractivity contribution in [2.45, 2.75) is 51.7 Å². The fourth-order valence-electron chi connectivity index (χ4n) is 5.99. The number of carbonyl (C=O) groups excluding carboxylic acids is 1. The van der Waals surface area contributed by atoms with E-state index in [9.17, 15) is 4.79 Å². The van der Waals surface area contributed by atoms with E-state index in [0.717, 1.165) is 82.0 Å². The molecule has 216 valence electrons. The van der Waals surface area contributed by atoms with Crippen molar-refractivity contribution in [2.24, 2.45) is 0 Å². The van der Waals surface area contributed by atoms with Gasteiger partial charge >= 0.3 is 6.16 Å². The molecule has 1 aliphatic carbocycles. The highest BCUT2D eigenvalue weighted by molar-refractivity contribution is 7.00. The summed E-state index contributed by atoms with van der Waals surface area (Å²) in [4.78, 5) is 12.9. The van der Waals surface area contributed by atoms with Crippen LogP contribution in [-0.4, -0.2) is 45.9 Å². The fraction of sp³-hybridized carbons (Fsp3) is 0.344. The molecule has 3 heterocycles. The molecule has 0 radical (unpaired) electrons. The number of rotatable bonds is 8. The smallest absolute Gasteiger partial charge is 0.493 e. The molecule has 0 saturated heterocycles. The SMILES string of the molecule is CCOC(=O)Oc1c(-c2ccc3c(c2)CCO3)c2cc(OC)c(OC3CCCC3)cc2n1Cc1ccc2nsnc2c1. The summed E-state index contributed by atoms with van der Waals surface area (Å²) in [7, 11) is 1.65. The lowest BCUT2D eigenvalue weighted by Crippen LogP contribution is -2.14. The lowest BCUT2D eigenvalue weighted by atomic mass is 10.0. The van der Waals surface area contributed by atoms with Gasteiger partial charge < -0.3 is 28.3 Å². The molecule has 0 spiro atoms. The van der Waals surface area contributed by atoms with Gasteiger partial charge in [0, 0.05) is 17.9 Å². The molecule has 1 aliphatic heterocycles. The maximum Gasteiger partial charge on any atom is 0.515 e. The normalized spacial score (nSPS) is 14.7. The van der Waals surface area contributed by atoms with Gasteiger partial charge in [0.1, 0.15) is 16.8 Å². The summed E-state index contributed by atoms with van der Waals surface area (Å²) < 4.78 is 40.2. The molecule has 5 aromatic rings. The van der Waals surface area contributed by atoms with Crippen LogP contribution in [0, 0.1) is 0 Å². The van der Waals surface area contributed by atoms with Crippen LogP contribution >= 0.6 is 11.7 Å². The Kier molecular flexibility index (Phi) is 7.07. The molecule has 3 aromatic carbocycles. The first-order valence-corrected chi connectivity index (χ1v) is 15.1.